The van der Waals surface area contributed by atoms with Crippen molar-refractivity contribution < 1.29 is 27.2 Å². The average molecular weight is 433 g/mol. The summed E-state index contributed by atoms with van der Waals surface area (Å²) in [6, 6.07) is 11.2. The molecule has 3 aromatic rings. The molecule has 1 saturated carbocycles. The zero-order valence-corrected chi connectivity index (χ0v) is 16.9. The second kappa shape index (κ2) is 9.38. The average Bonchev–Trinajstić information content (AvgIpc) is 3.49. The molecule has 0 bridgehead atoms. The number of hydrogen-bond acceptors (Lipinski definition) is 6. The molecule has 4 rings (SSSR count). The highest BCUT2D eigenvalue weighted by atomic mass is 19.3. The number of nitrogens with zero attached hydrogens (tertiary/aromatic N) is 3. The van der Waals surface area contributed by atoms with Crippen LogP contribution in [0.5, 0.6) is 11.5 Å². The van der Waals surface area contributed by atoms with Crippen molar-refractivity contribution in [3.8, 4) is 22.9 Å². The van der Waals surface area contributed by atoms with Gasteiger partial charge in [-0.05, 0) is 61.7 Å². The molecule has 0 spiro atoms. The Balaban J connectivity index is 1.48. The lowest BCUT2D eigenvalue weighted by Crippen LogP contribution is -2.25. The monoisotopic (exact) mass is 433 g/mol. The molecule has 0 unspecified atom stereocenters. The standard InChI is InChI=1S/C22H22F3N3O3/c1-2-29-19-11-14(3-10-18(19)30-22(24)25)12-28(17-8-9-17)13-20-26-21(27-31-20)15-4-6-16(23)7-5-15/h3-7,10-11,17,22H,2,8-9,12-13H2,1H3. The molecule has 1 aromatic heterocycles. The number of benzene rings is 2. The molecule has 2 aromatic carbocycles. The lowest BCUT2D eigenvalue weighted by atomic mass is 10.2. The number of alkyl halides is 2. The Labute approximate surface area is 177 Å². The van der Waals surface area contributed by atoms with Crippen LogP contribution >= 0.6 is 0 Å². The summed E-state index contributed by atoms with van der Waals surface area (Å²) in [7, 11) is 0. The number of halogens is 3. The largest absolute Gasteiger partial charge is 0.490 e. The lowest BCUT2D eigenvalue weighted by molar-refractivity contribution is -0.0514. The van der Waals surface area contributed by atoms with Crippen LogP contribution in [0.2, 0.25) is 0 Å². The van der Waals surface area contributed by atoms with Gasteiger partial charge in [0.25, 0.3) is 0 Å². The quantitative estimate of drug-likeness (QED) is 0.446. The first kappa shape index (κ1) is 21.2. The van der Waals surface area contributed by atoms with Gasteiger partial charge in [0.1, 0.15) is 5.82 Å². The van der Waals surface area contributed by atoms with Gasteiger partial charge in [0.05, 0.1) is 13.2 Å². The number of rotatable bonds is 10. The van der Waals surface area contributed by atoms with Crippen LogP contribution in [-0.4, -0.2) is 34.3 Å². The van der Waals surface area contributed by atoms with E-state index in [1.54, 1.807) is 31.2 Å². The van der Waals surface area contributed by atoms with Crippen molar-refractivity contribution in [1.29, 1.82) is 0 Å². The van der Waals surface area contributed by atoms with Gasteiger partial charge in [0.2, 0.25) is 11.7 Å². The Morgan fingerprint density at radius 1 is 1.10 bits per heavy atom. The topological polar surface area (TPSA) is 60.6 Å². The van der Waals surface area contributed by atoms with Gasteiger partial charge in [-0.15, -0.1) is 0 Å². The maximum Gasteiger partial charge on any atom is 0.387 e. The van der Waals surface area contributed by atoms with Gasteiger partial charge in [-0.25, -0.2) is 4.39 Å². The van der Waals surface area contributed by atoms with E-state index in [0.717, 1.165) is 18.4 Å². The van der Waals surface area contributed by atoms with Crippen LogP contribution in [0.3, 0.4) is 0 Å². The van der Waals surface area contributed by atoms with Crippen molar-refractivity contribution in [1.82, 2.24) is 15.0 Å². The van der Waals surface area contributed by atoms with Crippen LogP contribution in [0.15, 0.2) is 47.0 Å². The maximum atomic E-state index is 13.1. The minimum Gasteiger partial charge on any atom is -0.490 e. The Kier molecular flexibility index (Phi) is 6.41. The van der Waals surface area contributed by atoms with Crippen LogP contribution in [0.1, 0.15) is 31.2 Å². The predicted octanol–water partition coefficient (Wildman–Crippen LogP) is 5.04. The molecule has 1 fully saturated rings. The van der Waals surface area contributed by atoms with E-state index in [0.29, 0.717) is 43.0 Å². The van der Waals surface area contributed by atoms with E-state index in [4.69, 9.17) is 9.26 Å². The fourth-order valence-corrected chi connectivity index (χ4v) is 3.31. The van der Waals surface area contributed by atoms with E-state index in [2.05, 4.69) is 19.8 Å². The molecule has 0 atom stereocenters. The Bertz CT molecular complexity index is 1010. The van der Waals surface area contributed by atoms with Crippen molar-refractivity contribution in [3.05, 3.63) is 59.7 Å². The molecule has 1 aliphatic carbocycles. The first-order chi connectivity index (χ1) is 15.0. The van der Waals surface area contributed by atoms with Gasteiger partial charge in [0.15, 0.2) is 11.5 Å². The fourth-order valence-electron chi connectivity index (χ4n) is 3.31. The van der Waals surface area contributed by atoms with Crippen molar-refractivity contribution in [2.45, 2.75) is 45.5 Å². The minimum absolute atomic E-state index is 0.0133. The first-order valence-corrected chi connectivity index (χ1v) is 10.0. The molecule has 1 heterocycles. The molecular formula is C22H22F3N3O3. The third-order valence-electron chi connectivity index (χ3n) is 4.88. The summed E-state index contributed by atoms with van der Waals surface area (Å²) in [5, 5.41) is 3.99. The van der Waals surface area contributed by atoms with E-state index in [1.165, 1.54) is 18.2 Å². The highest BCUT2D eigenvalue weighted by molar-refractivity contribution is 5.53. The Hall–Kier alpha value is -3.07. The smallest absolute Gasteiger partial charge is 0.387 e. The predicted molar refractivity (Wildman–Crippen MR) is 106 cm³/mol. The number of hydrogen-bond donors (Lipinski definition) is 0. The third kappa shape index (κ3) is 5.55. The summed E-state index contributed by atoms with van der Waals surface area (Å²) >= 11 is 0. The molecule has 0 radical (unpaired) electrons. The zero-order valence-electron chi connectivity index (χ0n) is 16.9. The Morgan fingerprint density at radius 2 is 1.87 bits per heavy atom. The van der Waals surface area contributed by atoms with E-state index in [9.17, 15) is 13.2 Å². The highest BCUT2D eigenvalue weighted by Crippen LogP contribution is 2.33. The van der Waals surface area contributed by atoms with Crippen LogP contribution in [-0.2, 0) is 13.1 Å². The van der Waals surface area contributed by atoms with Crippen LogP contribution in [0.25, 0.3) is 11.4 Å². The van der Waals surface area contributed by atoms with Crippen LogP contribution < -0.4 is 9.47 Å². The molecule has 0 N–H and O–H groups in total. The Morgan fingerprint density at radius 3 is 2.55 bits per heavy atom. The molecule has 31 heavy (non-hydrogen) atoms. The van der Waals surface area contributed by atoms with E-state index in [1.807, 2.05) is 0 Å². The van der Waals surface area contributed by atoms with E-state index in [-0.39, 0.29) is 17.3 Å². The summed E-state index contributed by atoms with van der Waals surface area (Å²) in [5.41, 5.74) is 1.57. The second-order valence-electron chi connectivity index (χ2n) is 7.25. The van der Waals surface area contributed by atoms with Gasteiger partial charge >= 0.3 is 6.61 Å². The van der Waals surface area contributed by atoms with Crippen molar-refractivity contribution in [2.75, 3.05) is 6.61 Å². The van der Waals surface area contributed by atoms with Gasteiger partial charge < -0.3 is 14.0 Å². The van der Waals surface area contributed by atoms with Crippen molar-refractivity contribution in [2.24, 2.45) is 0 Å². The van der Waals surface area contributed by atoms with Crippen molar-refractivity contribution in [3.63, 3.8) is 0 Å². The number of ether oxygens (including phenoxy) is 2. The van der Waals surface area contributed by atoms with E-state index >= 15 is 0 Å². The van der Waals surface area contributed by atoms with Crippen LogP contribution in [0.4, 0.5) is 13.2 Å². The van der Waals surface area contributed by atoms with Gasteiger partial charge in [-0.2, -0.15) is 13.8 Å². The highest BCUT2D eigenvalue weighted by Gasteiger charge is 2.30. The van der Waals surface area contributed by atoms with Gasteiger partial charge in [0, 0.05) is 18.2 Å². The molecule has 0 saturated heterocycles. The fraction of sp³-hybridized carbons (Fsp3) is 0.364. The molecular weight excluding hydrogens is 411 g/mol. The summed E-state index contributed by atoms with van der Waals surface area (Å²) in [4.78, 5) is 6.62. The summed E-state index contributed by atoms with van der Waals surface area (Å²) < 4.78 is 53.8. The van der Waals surface area contributed by atoms with Gasteiger partial charge in [-0.3, -0.25) is 4.90 Å². The normalized spacial score (nSPS) is 13.7. The van der Waals surface area contributed by atoms with E-state index < -0.39 is 6.61 Å². The molecule has 6 nitrogen and oxygen atoms in total. The zero-order chi connectivity index (χ0) is 21.8. The summed E-state index contributed by atoms with van der Waals surface area (Å²) in [6.45, 7) is 0.208. The van der Waals surface area contributed by atoms with Gasteiger partial charge in [-0.1, -0.05) is 11.2 Å². The molecule has 0 amide bonds. The van der Waals surface area contributed by atoms with Crippen molar-refractivity contribution >= 4 is 0 Å². The summed E-state index contributed by atoms with van der Waals surface area (Å²) in [6.07, 6.45) is 2.12. The lowest BCUT2D eigenvalue weighted by Gasteiger charge is -2.21. The molecule has 1 aliphatic rings. The summed E-state index contributed by atoms with van der Waals surface area (Å²) in [5.74, 6) is 0.822. The molecule has 164 valence electrons. The van der Waals surface area contributed by atoms with Crippen LogP contribution in [0, 0.1) is 5.82 Å². The SMILES string of the molecule is CCOc1cc(CN(Cc2nc(-c3ccc(F)cc3)no2)C2CC2)ccc1OC(F)F. The molecule has 0 aliphatic heterocycles. The first-order valence-electron chi connectivity index (χ1n) is 10.0. The molecule has 9 heteroatoms. The third-order valence-corrected chi connectivity index (χ3v) is 4.88. The minimum atomic E-state index is -2.92. The second-order valence-corrected chi connectivity index (χ2v) is 7.25. The number of aromatic nitrogens is 2. The maximum absolute atomic E-state index is 13.1.